The third kappa shape index (κ3) is 1.30. The SMILES string of the molecule is Cc1[nH]nc2c1c(=O)[nH]c1ccc([N+](=O)[O-])cc12. The van der Waals surface area contributed by atoms with Crippen LogP contribution in [-0.4, -0.2) is 20.1 Å². The zero-order valence-corrected chi connectivity index (χ0v) is 9.35. The number of rotatable bonds is 1. The van der Waals surface area contributed by atoms with Crippen LogP contribution >= 0.6 is 0 Å². The summed E-state index contributed by atoms with van der Waals surface area (Å²) in [6, 6.07) is 4.27. The number of fused-ring (bicyclic) bond motifs is 3. The summed E-state index contributed by atoms with van der Waals surface area (Å²) < 4.78 is 0. The minimum absolute atomic E-state index is 0.0310. The Morgan fingerprint density at radius 1 is 1.39 bits per heavy atom. The van der Waals surface area contributed by atoms with Gasteiger partial charge in [0, 0.05) is 23.2 Å². The minimum atomic E-state index is -0.476. The van der Waals surface area contributed by atoms with Gasteiger partial charge in [-0.05, 0) is 13.0 Å². The number of hydrogen-bond acceptors (Lipinski definition) is 4. The monoisotopic (exact) mass is 244 g/mol. The number of non-ortho nitro benzene ring substituents is 1. The lowest BCUT2D eigenvalue weighted by Gasteiger charge is -1.99. The molecule has 2 heterocycles. The maximum Gasteiger partial charge on any atom is 0.270 e. The van der Waals surface area contributed by atoms with E-state index in [0.29, 0.717) is 27.5 Å². The van der Waals surface area contributed by atoms with Crippen LogP contribution < -0.4 is 5.56 Å². The van der Waals surface area contributed by atoms with Gasteiger partial charge < -0.3 is 4.98 Å². The van der Waals surface area contributed by atoms with Crippen molar-refractivity contribution < 1.29 is 4.92 Å². The highest BCUT2D eigenvalue weighted by molar-refractivity contribution is 6.04. The van der Waals surface area contributed by atoms with Crippen LogP contribution in [0.1, 0.15) is 5.69 Å². The molecular weight excluding hydrogens is 236 g/mol. The average molecular weight is 244 g/mol. The van der Waals surface area contributed by atoms with Crippen molar-refractivity contribution in [3.8, 4) is 0 Å². The van der Waals surface area contributed by atoms with Crippen LogP contribution in [0.2, 0.25) is 0 Å². The highest BCUT2D eigenvalue weighted by Crippen LogP contribution is 2.24. The van der Waals surface area contributed by atoms with E-state index in [1.807, 2.05) is 0 Å². The van der Waals surface area contributed by atoms with Crippen LogP contribution in [0.25, 0.3) is 21.8 Å². The summed E-state index contributed by atoms with van der Waals surface area (Å²) >= 11 is 0. The topological polar surface area (TPSA) is 105 Å². The van der Waals surface area contributed by atoms with Gasteiger partial charge in [0.05, 0.1) is 15.8 Å². The van der Waals surface area contributed by atoms with Crippen LogP contribution in [0.5, 0.6) is 0 Å². The lowest BCUT2D eigenvalue weighted by Crippen LogP contribution is -2.06. The number of nitrogens with one attached hydrogen (secondary N) is 2. The molecule has 2 aromatic heterocycles. The second kappa shape index (κ2) is 3.39. The Bertz CT molecular complexity index is 846. The van der Waals surface area contributed by atoms with Crippen LogP contribution in [-0.2, 0) is 0 Å². The molecule has 3 rings (SSSR count). The van der Waals surface area contributed by atoms with E-state index in [1.165, 1.54) is 18.2 Å². The van der Waals surface area contributed by atoms with Crippen LogP contribution in [0.15, 0.2) is 23.0 Å². The molecule has 0 spiro atoms. The van der Waals surface area contributed by atoms with Crippen molar-refractivity contribution in [2.45, 2.75) is 6.92 Å². The predicted molar refractivity (Wildman–Crippen MR) is 65.6 cm³/mol. The van der Waals surface area contributed by atoms with E-state index >= 15 is 0 Å². The Hall–Kier alpha value is -2.70. The van der Waals surface area contributed by atoms with Gasteiger partial charge in [0.25, 0.3) is 11.2 Å². The second-order valence-corrected chi connectivity index (χ2v) is 4.01. The number of aromatic amines is 2. The molecule has 3 aromatic rings. The van der Waals surface area contributed by atoms with Gasteiger partial charge in [-0.1, -0.05) is 0 Å². The molecular formula is C11H8N4O3. The summed E-state index contributed by atoms with van der Waals surface area (Å²) in [6.45, 7) is 1.73. The number of aromatic nitrogens is 3. The first-order chi connectivity index (χ1) is 8.58. The molecule has 0 saturated carbocycles. The molecule has 90 valence electrons. The molecule has 18 heavy (non-hydrogen) atoms. The Kier molecular flexibility index (Phi) is 1.97. The number of H-pyrrole nitrogens is 2. The average Bonchev–Trinajstić information content (AvgIpc) is 2.72. The predicted octanol–water partition coefficient (Wildman–Crippen LogP) is 1.62. The van der Waals surface area contributed by atoms with Crippen molar-refractivity contribution in [2.75, 3.05) is 0 Å². The standard InChI is InChI=1S/C11H8N4O3/c1-5-9-10(14-13-5)7-4-6(15(17)18)2-3-8(7)12-11(9)16/h2-4H,1H3,(H,12,16)(H,13,14). The van der Waals surface area contributed by atoms with Crippen molar-refractivity contribution in [3.63, 3.8) is 0 Å². The third-order valence-electron chi connectivity index (χ3n) is 2.89. The molecule has 0 atom stereocenters. The maximum absolute atomic E-state index is 11.8. The normalized spacial score (nSPS) is 11.2. The van der Waals surface area contributed by atoms with Gasteiger partial charge in [-0.15, -0.1) is 0 Å². The van der Waals surface area contributed by atoms with E-state index in [1.54, 1.807) is 6.92 Å². The molecule has 0 aliphatic carbocycles. The fraction of sp³-hybridized carbons (Fsp3) is 0.0909. The van der Waals surface area contributed by atoms with Crippen molar-refractivity contribution in [1.82, 2.24) is 15.2 Å². The van der Waals surface area contributed by atoms with E-state index < -0.39 is 4.92 Å². The fourth-order valence-electron chi connectivity index (χ4n) is 2.04. The molecule has 2 N–H and O–H groups in total. The van der Waals surface area contributed by atoms with E-state index in [9.17, 15) is 14.9 Å². The molecule has 0 radical (unpaired) electrons. The van der Waals surface area contributed by atoms with Crippen LogP contribution in [0.4, 0.5) is 5.69 Å². The number of nitrogens with zero attached hydrogens (tertiary/aromatic N) is 2. The zero-order chi connectivity index (χ0) is 12.9. The number of pyridine rings is 1. The number of nitro groups is 1. The zero-order valence-electron chi connectivity index (χ0n) is 9.35. The van der Waals surface area contributed by atoms with E-state index in [4.69, 9.17) is 0 Å². The van der Waals surface area contributed by atoms with Gasteiger partial charge in [0.2, 0.25) is 0 Å². The summed E-state index contributed by atoms with van der Waals surface area (Å²) in [6.07, 6.45) is 0. The molecule has 7 nitrogen and oxygen atoms in total. The summed E-state index contributed by atoms with van der Waals surface area (Å²) in [5.41, 5.74) is 1.34. The molecule has 7 heteroatoms. The molecule has 0 bridgehead atoms. The number of hydrogen-bond donors (Lipinski definition) is 2. The molecule has 0 fully saturated rings. The molecule has 0 unspecified atom stereocenters. The highest BCUT2D eigenvalue weighted by atomic mass is 16.6. The van der Waals surface area contributed by atoms with E-state index in [0.717, 1.165) is 0 Å². The van der Waals surface area contributed by atoms with Gasteiger partial charge in [-0.3, -0.25) is 20.0 Å². The highest BCUT2D eigenvalue weighted by Gasteiger charge is 2.13. The first-order valence-corrected chi connectivity index (χ1v) is 5.23. The molecule has 0 amide bonds. The lowest BCUT2D eigenvalue weighted by atomic mass is 10.1. The molecule has 0 aliphatic heterocycles. The Balaban J connectivity index is 2.54. The maximum atomic E-state index is 11.8. The Labute approximate surface area is 99.6 Å². The molecule has 1 aromatic carbocycles. The van der Waals surface area contributed by atoms with Crippen molar-refractivity contribution in [1.29, 1.82) is 0 Å². The minimum Gasteiger partial charge on any atom is -0.321 e. The number of aryl methyl sites for hydroxylation is 1. The van der Waals surface area contributed by atoms with Crippen LogP contribution in [0, 0.1) is 17.0 Å². The quantitative estimate of drug-likeness (QED) is 0.501. The first-order valence-electron chi connectivity index (χ1n) is 5.23. The van der Waals surface area contributed by atoms with E-state index in [2.05, 4.69) is 15.2 Å². The van der Waals surface area contributed by atoms with Crippen molar-refractivity contribution in [2.24, 2.45) is 0 Å². The molecule has 0 aliphatic rings. The smallest absolute Gasteiger partial charge is 0.270 e. The lowest BCUT2D eigenvalue weighted by molar-refractivity contribution is -0.384. The Morgan fingerprint density at radius 3 is 2.89 bits per heavy atom. The summed E-state index contributed by atoms with van der Waals surface area (Å²) in [5, 5.41) is 18.5. The third-order valence-corrected chi connectivity index (χ3v) is 2.89. The number of benzene rings is 1. The fourth-order valence-corrected chi connectivity index (χ4v) is 2.04. The van der Waals surface area contributed by atoms with Gasteiger partial charge in [0.1, 0.15) is 5.52 Å². The van der Waals surface area contributed by atoms with E-state index in [-0.39, 0.29) is 11.2 Å². The van der Waals surface area contributed by atoms with Gasteiger partial charge in [-0.2, -0.15) is 5.10 Å². The number of nitro benzene ring substituents is 1. The van der Waals surface area contributed by atoms with Crippen molar-refractivity contribution in [3.05, 3.63) is 44.4 Å². The van der Waals surface area contributed by atoms with Gasteiger partial charge in [0.15, 0.2) is 0 Å². The first kappa shape index (κ1) is 10.5. The summed E-state index contributed by atoms with van der Waals surface area (Å²) in [7, 11) is 0. The largest absolute Gasteiger partial charge is 0.321 e. The summed E-state index contributed by atoms with van der Waals surface area (Å²) in [5.74, 6) is 0. The van der Waals surface area contributed by atoms with Gasteiger partial charge >= 0.3 is 0 Å². The van der Waals surface area contributed by atoms with Gasteiger partial charge in [-0.25, -0.2) is 0 Å². The van der Waals surface area contributed by atoms with Crippen LogP contribution in [0.3, 0.4) is 0 Å². The summed E-state index contributed by atoms with van der Waals surface area (Å²) in [4.78, 5) is 24.8. The molecule has 0 saturated heterocycles. The second-order valence-electron chi connectivity index (χ2n) is 4.01. The Morgan fingerprint density at radius 2 is 2.17 bits per heavy atom. The van der Waals surface area contributed by atoms with Crippen molar-refractivity contribution >= 4 is 27.5 Å².